The maximum absolute atomic E-state index is 12.2. The molecule has 0 saturated heterocycles. The Morgan fingerprint density at radius 3 is 2.00 bits per heavy atom. The summed E-state index contributed by atoms with van der Waals surface area (Å²) in [5, 5.41) is 0. The molecule has 0 radical (unpaired) electrons. The predicted molar refractivity (Wildman–Crippen MR) is 77.9 cm³/mol. The summed E-state index contributed by atoms with van der Waals surface area (Å²) in [5.74, 6) is -0.0905. The molecule has 3 heteroatoms. The largest absolute Gasteiger partial charge is 0.465 e. The van der Waals surface area contributed by atoms with Gasteiger partial charge in [0, 0.05) is 12.3 Å². The Labute approximate surface area is 118 Å². The fourth-order valence-corrected chi connectivity index (χ4v) is 2.24. The van der Waals surface area contributed by atoms with Gasteiger partial charge in [0.1, 0.15) is 5.78 Å². The third kappa shape index (κ3) is 6.74. The summed E-state index contributed by atoms with van der Waals surface area (Å²) < 4.78 is 5.30. The monoisotopic (exact) mass is 270 g/mol. The van der Waals surface area contributed by atoms with Gasteiger partial charge in [0.05, 0.1) is 12.5 Å². The molecule has 0 aromatic carbocycles. The van der Waals surface area contributed by atoms with Crippen molar-refractivity contribution in [2.75, 3.05) is 6.61 Å². The molecule has 0 aromatic heterocycles. The van der Waals surface area contributed by atoms with Crippen LogP contribution in [0.1, 0.15) is 66.7 Å². The summed E-state index contributed by atoms with van der Waals surface area (Å²) in [5.41, 5.74) is 0. The van der Waals surface area contributed by atoms with Gasteiger partial charge in [-0.2, -0.15) is 0 Å². The highest BCUT2D eigenvalue weighted by atomic mass is 16.5. The van der Waals surface area contributed by atoms with E-state index in [1.807, 2.05) is 27.7 Å². The molecule has 0 bridgehead atoms. The van der Waals surface area contributed by atoms with Gasteiger partial charge in [0.25, 0.3) is 0 Å². The van der Waals surface area contributed by atoms with E-state index in [1.165, 1.54) is 0 Å². The van der Waals surface area contributed by atoms with Crippen LogP contribution in [0.2, 0.25) is 0 Å². The Morgan fingerprint density at radius 2 is 1.58 bits per heavy atom. The fourth-order valence-electron chi connectivity index (χ4n) is 2.24. The van der Waals surface area contributed by atoms with Crippen molar-refractivity contribution < 1.29 is 14.3 Å². The highest BCUT2D eigenvalue weighted by molar-refractivity contribution is 5.86. The number of unbranched alkanes of at least 4 members (excludes halogenated alkanes) is 1. The van der Waals surface area contributed by atoms with Crippen LogP contribution in [0.15, 0.2) is 0 Å². The van der Waals surface area contributed by atoms with Gasteiger partial charge >= 0.3 is 5.97 Å². The second-order valence-electron chi connectivity index (χ2n) is 5.62. The standard InChI is InChI=1S/C16H30O3/c1-6-9-10-15(17)13(7-2)14(8-3)16(18)19-11-12(4)5/h12-14H,6-11H2,1-5H3. The van der Waals surface area contributed by atoms with Gasteiger partial charge in [-0.05, 0) is 25.2 Å². The molecule has 19 heavy (non-hydrogen) atoms. The molecule has 3 nitrogen and oxygen atoms in total. The lowest BCUT2D eigenvalue weighted by molar-refractivity contribution is -0.154. The van der Waals surface area contributed by atoms with Crippen LogP contribution in [0.4, 0.5) is 0 Å². The number of hydrogen-bond acceptors (Lipinski definition) is 3. The zero-order chi connectivity index (χ0) is 14.8. The molecular weight excluding hydrogens is 240 g/mol. The van der Waals surface area contributed by atoms with Crippen LogP contribution < -0.4 is 0 Å². The minimum absolute atomic E-state index is 0.170. The normalized spacial score (nSPS) is 14.2. The Balaban J connectivity index is 4.58. The van der Waals surface area contributed by atoms with Crippen molar-refractivity contribution in [2.45, 2.75) is 66.7 Å². The first kappa shape index (κ1) is 18.1. The molecule has 0 spiro atoms. The molecule has 112 valence electrons. The number of ether oxygens (including phenoxy) is 1. The van der Waals surface area contributed by atoms with E-state index < -0.39 is 0 Å². The first-order valence-corrected chi connectivity index (χ1v) is 7.67. The second-order valence-corrected chi connectivity index (χ2v) is 5.62. The van der Waals surface area contributed by atoms with E-state index in [9.17, 15) is 9.59 Å². The molecule has 0 rings (SSSR count). The van der Waals surface area contributed by atoms with Crippen molar-refractivity contribution in [1.29, 1.82) is 0 Å². The summed E-state index contributed by atoms with van der Waals surface area (Å²) in [6.07, 6.45) is 3.90. The SMILES string of the molecule is CCCCC(=O)C(CC)C(CC)C(=O)OCC(C)C. The predicted octanol–water partition coefficient (Wildman–Crippen LogP) is 4.00. The van der Waals surface area contributed by atoms with Crippen molar-refractivity contribution in [1.82, 2.24) is 0 Å². The van der Waals surface area contributed by atoms with E-state index in [-0.39, 0.29) is 23.6 Å². The molecule has 0 heterocycles. The van der Waals surface area contributed by atoms with Crippen LogP contribution in [0.3, 0.4) is 0 Å². The number of carbonyl (C=O) groups excluding carboxylic acids is 2. The molecule has 0 aliphatic carbocycles. The van der Waals surface area contributed by atoms with Crippen LogP contribution in [-0.4, -0.2) is 18.4 Å². The Bertz CT molecular complexity index is 271. The Morgan fingerprint density at radius 1 is 1.00 bits per heavy atom. The minimum atomic E-state index is -0.270. The van der Waals surface area contributed by atoms with Crippen molar-refractivity contribution >= 4 is 11.8 Å². The lowest BCUT2D eigenvalue weighted by Crippen LogP contribution is -2.31. The molecule has 2 atom stereocenters. The van der Waals surface area contributed by atoms with Crippen LogP contribution in [0.25, 0.3) is 0 Å². The fraction of sp³-hybridized carbons (Fsp3) is 0.875. The summed E-state index contributed by atoms with van der Waals surface area (Å²) in [4.78, 5) is 24.3. The number of hydrogen-bond donors (Lipinski definition) is 0. The molecule has 0 aromatic rings. The van der Waals surface area contributed by atoms with E-state index >= 15 is 0 Å². The third-order valence-corrected chi connectivity index (χ3v) is 3.42. The second kappa shape index (κ2) is 9.99. The number of rotatable bonds is 10. The number of carbonyl (C=O) groups is 2. The van der Waals surface area contributed by atoms with Gasteiger partial charge in [0.15, 0.2) is 0 Å². The quantitative estimate of drug-likeness (QED) is 0.564. The van der Waals surface area contributed by atoms with Crippen molar-refractivity contribution in [3.63, 3.8) is 0 Å². The van der Waals surface area contributed by atoms with E-state index in [1.54, 1.807) is 0 Å². The highest BCUT2D eigenvalue weighted by Crippen LogP contribution is 2.24. The average Bonchev–Trinajstić information content (AvgIpc) is 2.39. The maximum Gasteiger partial charge on any atom is 0.309 e. The van der Waals surface area contributed by atoms with Gasteiger partial charge in [-0.15, -0.1) is 0 Å². The van der Waals surface area contributed by atoms with Crippen LogP contribution in [0.5, 0.6) is 0 Å². The first-order valence-electron chi connectivity index (χ1n) is 7.67. The van der Waals surface area contributed by atoms with Gasteiger partial charge in [-0.3, -0.25) is 9.59 Å². The van der Waals surface area contributed by atoms with Crippen molar-refractivity contribution in [3.8, 4) is 0 Å². The molecule has 0 aliphatic rings. The molecule has 0 amide bonds. The number of ketones is 1. The zero-order valence-corrected chi connectivity index (χ0v) is 13.2. The summed E-state index contributed by atoms with van der Waals surface area (Å²) in [7, 11) is 0. The summed E-state index contributed by atoms with van der Waals surface area (Å²) >= 11 is 0. The van der Waals surface area contributed by atoms with Gasteiger partial charge in [-0.1, -0.05) is 41.0 Å². The molecule has 2 unspecified atom stereocenters. The van der Waals surface area contributed by atoms with Crippen LogP contribution in [-0.2, 0) is 14.3 Å². The number of Topliss-reactive ketones (excluding diaryl/α,β-unsaturated/α-hetero) is 1. The van der Waals surface area contributed by atoms with Gasteiger partial charge < -0.3 is 4.74 Å². The third-order valence-electron chi connectivity index (χ3n) is 3.42. The summed E-state index contributed by atoms with van der Waals surface area (Å²) in [6.45, 7) is 10.5. The maximum atomic E-state index is 12.2. The lowest BCUT2D eigenvalue weighted by atomic mass is 9.83. The van der Waals surface area contributed by atoms with E-state index in [2.05, 4.69) is 6.92 Å². The lowest BCUT2D eigenvalue weighted by Gasteiger charge is -2.23. The molecule has 0 saturated carbocycles. The molecular formula is C16H30O3. The van der Waals surface area contributed by atoms with Crippen molar-refractivity contribution in [3.05, 3.63) is 0 Å². The van der Waals surface area contributed by atoms with Gasteiger partial charge in [0.2, 0.25) is 0 Å². The zero-order valence-electron chi connectivity index (χ0n) is 13.2. The highest BCUT2D eigenvalue weighted by Gasteiger charge is 2.31. The molecule has 0 aliphatic heterocycles. The molecule has 0 fully saturated rings. The average molecular weight is 270 g/mol. The Kier molecular flexibility index (Phi) is 9.54. The first-order chi connectivity index (χ1) is 8.97. The topological polar surface area (TPSA) is 43.4 Å². The molecule has 0 N–H and O–H groups in total. The smallest absolute Gasteiger partial charge is 0.309 e. The van der Waals surface area contributed by atoms with Crippen LogP contribution >= 0.6 is 0 Å². The van der Waals surface area contributed by atoms with Gasteiger partial charge in [-0.25, -0.2) is 0 Å². The van der Waals surface area contributed by atoms with E-state index in [0.29, 0.717) is 25.4 Å². The Hall–Kier alpha value is -0.860. The van der Waals surface area contributed by atoms with E-state index in [0.717, 1.165) is 19.3 Å². The van der Waals surface area contributed by atoms with E-state index in [4.69, 9.17) is 4.74 Å². The van der Waals surface area contributed by atoms with Crippen LogP contribution in [0, 0.1) is 17.8 Å². The summed E-state index contributed by atoms with van der Waals surface area (Å²) in [6, 6.07) is 0. The minimum Gasteiger partial charge on any atom is -0.465 e. The number of esters is 1. The van der Waals surface area contributed by atoms with Crippen molar-refractivity contribution in [2.24, 2.45) is 17.8 Å².